The monoisotopic (exact) mass is 2030 g/mol. The Morgan fingerprint density at radius 1 is 0.463 bits per heavy atom. The molecular formula is C83H89BCl13IN6O17. The fourth-order valence-corrected chi connectivity index (χ4v) is 14.6. The topological polar surface area (TPSA) is 337 Å². The van der Waals surface area contributed by atoms with Crippen molar-refractivity contribution in [2.75, 3.05) is 74.8 Å². The molecule has 2 aliphatic heterocycles. The largest absolute Gasteiger partial charge is 0.496 e. The van der Waals surface area contributed by atoms with E-state index in [1.54, 1.807) is 109 Å². The lowest BCUT2D eigenvalue weighted by atomic mass is 9.80. The molecule has 2 fully saturated rings. The molecule has 2 atom stereocenters. The molecule has 2 aliphatic rings. The zero-order valence-electron chi connectivity index (χ0n) is 64.2. The lowest BCUT2D eigenvalue weighted by Crippen LogP contribution is -2.60. The van der Waals surface area contributed by atoms with Crippen molar-refractivity contribution in [2.24, 2.45) is 11.5 Å². The van der Waals surface area contributed by atoms with Crippen molar-refractivity contribution in [3.63, 3.8) is 0 Å². The van der Waals surface area contributed by atoms with Gasteiger partial charge in [0.15, 0.2) is 0 Å². The molecule has 5 amide bonds. The SMILES string of the molecule is C.C.C=CC(=O)N1CCN(C(=O)CCc2cc(-c3cc(Cl)ccc3Cl)c(Cl)cc2OC)CC1C(N)=O.C=CC(=O)N1CCNCC1C(N)=O.COC(=O)CCc1cc(I)c(Cl)cc1OC.COc1cc(Cl)c(-c2cc(Cl)ccc2Cl)cc1CCC(=O)O.COc1cc(Cl)c(-c2cc(Cl)ccc2Cl)cc1CCC(=O)O.Cl.OB(O)c1cc(Cl)ccc1Cl. The second kappa shape index (κ2) is 54.4. The van der Waals surface area contributed by atoms with Gasteiger partial charge in [-0.25, -0.2) is 0 Å². The third kappa shape index (κ3) is 33.6. The molecule has 121 heavy (non-hydrogen) atoms. The highest BCUT2D eigenvalue weighted by atomic mass is 127. The number of aliphatic carboxylic acids is 2. The van der Waals surface area contributed by atoms with Crippen LogP contribution >= 0.6 is 174 Å². The number of hydrogen-bond donors (Lipinski definition) is 7. The Labute approximate surface area is 783 Å². The maximum absolute atomic E-state index is 13.0. The summed E-state index contributed by atoms with van der Waals surface area (Å²) in [6.07, 6.45) is 4.43. The van der Waals surface area contributed by atoms with Crippen LogP contribution < -0.4 is 41.2 Å². The third-order valence-corrected chi connectivity index (χ3v) is 22.3. The molecule has 2 unspecified atom stereocenters. The Hall–Kier alpha value is -7.36. The van der Waals surface area contributed by atoms with Gasteiger partial charge >= 0.3 is 25.0 Å². The van der Waals surface area contributed by atoms with E-state index < -0.39 is 48.9 Å². The fraction of sp³-hybridized carbons (Fsp3) is 0.277. The Kier molecular flexibility index (Phi) is 49.3. The molecule has 23 nitrogen and oxygen atoms in total. The van der Waals surface area contributed by atoms with Crippen molar-refractivity contribution in [3.8, 4) is 56.4 Å². The van der Waals surface area contributed by atoms with E-state index >= 15 is 0 Å². The number of methoxy groups -OCH3 is 5. The van der Waals surface area contributed by atoms with E-state index in [9.17, 15) is 38.4 Å². The lowest BCUT2D eigenvalue weighted by molar-refractivity contribution is -0.144. The van der Waals surface area contributed by atoms with Gasteiger partial charge in [-0.3, -0.25) is 38.4 Å². The molecule has 0 radical (unpaired) electrons. The summed E-state index contributed by atoms with van der Waals surface area (Å²) >= 11 is 75.4. The first-order valence-electron chi connectivity index (χ1n) is 35.1. The number of piperazine rings is 2. The highest BCUT2D eigenvalue weighted by Gasteiger charge is 2.35. The number of hydrogen-bond acceptors (Lipinski definition) is 16. The van der Waals surface area contributed by atoms with E-state index in [-0.39, 0.29) is 82.9 Å². The molecule has 38 heteroatoms. The number of nitrogens with two attached hydrogens (primary N) is 2. The number of ether oxygens (including phenoxy) is 5. The van der Waals surface area contributed by atoms with Gasteiger partial charge in [0.05, 0.1) is 62.2 Å². The molecule has 10 rings (SSSR count). The van der Waals surface area contributed by atoms with Gasteiger partial charge in [-0.1, -0.05) is 167 Å². The number of nitrogens with zero attached hydrogens (tertiary/aromatic N) is 3. The van der Waals surface area contributed by atoms with Crippen LogP contribution in [0, 0.1) is 3.57 Å². The van der Waals surface area contributed by atoms with Crippen molar-refractivity contribution in [2.45, 2.75) is 78.3 Å². The quantitative estimate of drug-likeness (QED) is 0.0128. The number of carbonyl (C=O) groups excluding carboxylic acids is 6. The molecule has 2 heterocycles. The number of carboxylic acids is 2. The van der Waals surface area contributed by atoms with Crippen molar-refractivity contribution in [1.29, 1.82) is 0 Å². The number of carbonyl (C=O) groups is 8. The second-order valence-electron chi connectivity index (χ2n) is 25.1. The number of rotatable bonds is 24. The molecule has 2 saturated heterocycles. The minimum Gasteiger partial charge on any atom is -0.496 e. The fourth-order valence-electron chi connectivity index (χ4n) is 11.5. The van der Waals surface area contributed by atoms with E-state index in [1.807, 2.05) is 12.1 Å². The van der Waals surface area contributed by atoms with Crippen molar-refractivity contribution in [3.05, 3.63) is 233 Å². The number of carboxylic acid groups (broad SMARTS) is 2. The van der Waals surface area contributed by atoms with Crippen LogP contribution in [0.1, 0.15) is 62.8 Å². The average Bonchev–Trinajstić information content (AvgIpc) is 0.812. The molecule has 0 aromatic heterocycles. The maximum atomic E-state index is 13.0. The van der Waals surface area contributed by atoms with Crippen molar-refractivity contribution >= 4 is 234 Å². The Balaban J connectivity index is 0.000000509. The van der Waals surface area contributed by atoms with E-state index in [2.05, 4.69) is 45.8 Å². The molecule has 0 bridgehead atoms. The number of amides is 5. The molecule has 0 aliphatic carbocycles. The number of benzene rings is 8. The van der Waals surface area contributed by atoms with Crippen molar-refractivity contribution < 1.29 is 82.3 Å². The van der Waals surface area contributed by atoms with Crippen LogP contribution in [0.25, 0.3) is 33.4 Å². The zero-order chi connectivity index (χ0) is 87.9. The minimum absolute atomic E-state index is 0. The second-order valence-corrected chi connectivity index (χ2v) is 31.3. The van der Waals surface area contributed by atoms with Crippen LogP contribution in [0.2, 0.25) is 60.3 Å². The van der Waals surface area contributed by atoms with E-state index in [4.69, 9.17) is 190 Å². The molecule has 8 aromatic rings. The van der Waals surface area contributed by atoms with Gasteiger partial charge in [-0.2, -0.15) is 0 Å². The van der Waals surface area contributed by atoms with Gasteiger partial charge in [0, 0.05) is 147 Å². The number of primary amides is 2. The summed E-state index contributed by atoms with van der Waals surface area (Å²) in [5, 5.41) is 44.0. The van der Waals surface area contributed by atoms with E-state index in [0.29, 0.717) is 175 Å². The van der Waals surface area contributed by atoms with Gasteiger partial charge in [-0.05, 0) is 198 Å². The van der Waals surface area contributed by atoms with Crippen LogP contribution in [0.4, 0.5) is 0 Å². The van der Waals surface area contributed by atoms with Crippen LogP contribution in [-0.4, -0.2) is 176 Å². The lowest BCUT2D eigenvalue weighted by Gasteiger charge is -2.39. The molecule has 9 N–H and O–H groups in total. The zero-order valence-corrected chi connectivity index (χ0v) is 76.2. The summed E-state index contributed by atoms with van der Waals surface area (Å²) in [6, 6.07) is 32.5. The average molecular weight is 2040 g/mol. The van der Waals surface area contributed by atoms with Gasteiger partial charge in [0.2, 0.25) is 29.5 Å². The predicted octanol–water partition coefficient (Wildman–Crippen LogP) is 18.5. The summed E-state index contributed by atoms with van der Waals surface area (Å²) in [5.41, 5.74) is 18.2. The summed E-state index contributed by atoms with van der Waals surface area (Å²) in [6.45, 7) is 8.95. The Morgan fingerprint density at radius 3 is 1.15 bits per heavy atom. The smallest absolute Gasteiger partial charge is 0.490 e. The highest BCUT2D eigenvalue weighted by molar-refractivity contribution is 14.1. The third-order valence-electron chi connectivity index (χ3n) is 17.5. The molecular weight excluding hydrogens is 1950 g/mol. The maximum Gasteiger partial charge on any atom is 0.490 e. The first kappa shape index (κ1) is 110. The molecule has 0 spiro atoms. The predicted molar refractivity (Wildman–Crippen MR) is 498 cm³/mol. The number of esters is 1. The summed E-state index contributed by atoms with van der Waals surface area (Å²) in [4.78, 5) is 96.0. The van der Waals surface area contributed by atoms with Crippen molar-refractivity contribution in [1.82, 2.24) is 20.0 Å². The summed E-state index contributed by atoms with van der Waals surface area (Å²) in [7, 11) is 5.95. The van der Waals surface area contributed by atoms with Gasteiger partial charge in [0.1, 0.15) is 35.1 Å². The normalized spacial score (nSPS) is 12.9. The van der Waals surface area contributed by atoms with Gasteiger partial charge in [-0.15, -0.1) is 12.4 Å². The summed E-state index contributed by atoms with van der Waals surface area (Å²) in [5.74, 6) is -1.61. The van der Waals surface area contributed by atoms with Crippen LogP contribution in [0.5, 0.6) is 23.0 Å². The highest BCUT2D eigenvalue weighted by Crippen LogP contribution is 2.43. The van der Waals surface area contributed by atoms with E-state index in [1.165, 1.54) is 56.4 Å². The minimum atomic E-state index is -1.57. The number of aryl methyl sites for hydroxylation is 4. The summed E-state index contributed by atoms with van der Waals surface area (Å²) < 4.78 is 26.7. The standard InChI is InChI=1S/C24H24Cl3N3O4.2C16H13Cl3O3.C11H12ClIO3.C8H13N3O2.C6H5BCl2O2.2CH4.ClH/c1-3-22(31)30-9-8-29(13-20(30)24(28)33)23(32)7-4-14-10-16(19(27)12-21(14)34-2)17-11-15(25)5-6-18(17)26;2*1-22-15-8-14(19)11(6-9(15)2-5-16(20)21)12-7-10(17)3-4-13(12)18;1-15-10-6-8(12)9(13)5-7(10)3-4-11(14)16-2;1-2-7(12)11-4-3-10-5-6(11)8(9)13;8-4-1-2-6(9)5(3-4)7(10)11;;;/h3,5-6,10-12,20H,1,4,7-9,13H2,2H3,(H2,28,33);2*3-4,6-8H,2,5H2,1H3,(H,20,21);5-6H,3-4H2,1-2H3;2,6,10H,1,3-5H2,(H2,9,13);1-3,10-11H;2*1H4;1H. The number of nitrogens with one attached hydrogen (secondary N) is 1. The first-order chi connectivity index (χ1) is 55.8. The number of halogens is 14. The molecule has 0 saturated carbocycles. The first-order valence-corrected chi connectivity index (χ1v) is 40.7. The Bertz CT molecular complexity index is 4840. The van der Waals surface area contributed by atoms with Crippen LogP contribution in [-0.2, 0) is 68.8 Å². The Morgan fingerprint density at radius 2 is 0.802 bits per heavy atom. The molecule has 654 valence electrons. The van der Waals surface area contributed by atoms with E-state index in [0.717, 1.165) is 31.9 Å². The van der Waals surface area contributed by atoms with Crippen LogP contribution in [0.15, 0.2) is 147 Å². The van der Waals surface area contributed by atoms with Gasteiger partial charge < -0.3 is 75.4 Å². The molecule has 8 aromatic carbocycles. The van der Waals surface area contributed by atoms with Crippen LogP contribution in [0.3, 0.4) is 0 Å². The van der Waals surface area contributed by atoms with Gasteiger partial charge in [0.25, 0.3) is 0 Å².